The number of hydrogen-bond acceptors (Lipinski definition) is 2. The van der Waals surface area contributed by atoms with E-state index in [0.717, 1.165) is 16.8 Å². The van der Waals surface area contributed by atoms with Gasteiger partial charge in [0.2, 0.25) is 0 Å². The highest BCUT2D eigenvalue weighted by Crippen LogP contribution is 2.18. The van der Waals surface area contributed by atoms with Crippen LogP contribution in [0.2, 0.25) is 0 Å². The third-order valence-corrected chi connectivity index (χ3v) is 3.18. The van der Waals surface area contributed by atoms with E-state index in [1.165, 1.54) is 0 Å². The van der Waals surface area contributed by atoms with E-state index in [-0.39, 0.29) is 0 Å². The molecule has 0 radical (unpaired) electrons. The minimum absolute atomic E-state index is 0.655. The zero-order valence-electron chi connectivity index (χ0n) is 11.3. The zero-order valence-corrected chi connectivity index (χ0v) is 11.3. The van der Waals surface area contributed by atoms with E-state index in [4.69, 9.17) is 0 Å². The largest absolute Gasteiger partial charge is 0.241 e. The van der Waals surface area contributed by atoms with Crippen molar-refractivity contribution >= 4 is 11.6 Å². The van der Waals surface area contributed by atoms with Crippen molar-refractivity contribution in [2.75, 3.05) is 0 Å². The number of rotatable bonds is 3. The predicted octanol–water partition coefficient (Wildman–Crippen LogP) is 3.94. The lowest BCUT2D eigenvalue weighted by Gasteiger charge is -2.03. The van der Waals surface area contributed by atoms with E-state index < -0.39 is 0 Å². The minimum atomic E-state index is 0.655. The van der Waals surface area contributed by atoms with Crippen LogP contribution in [-0.4, -0.2) is 9.78 Å². The van der Waals surface area contributed by atoms with Crippen LogP contribution in [0.4, 0.5) is 0 Å². The summed E-state index contributed by atoms with van der Waals surface area (Å²) in [5.74, 6) is 0. The molecule has 3 rings (SSSR count). The first-order valence-electron chi connectivity index (χ1n) is 6.64. The summed E-state index contributed by atoms with van der Waals surface area (Å²) < 4.78 is 1.80. The average molecular weight is 271 g/mol. The Hall–Kier alpha value is -3.12. The van der Waals surface area contributed by atoms with Crippen molar-refractivity contribution in [1.82, 2.24) is 9.78 Å². The molecule has 0 saturated carbocycles. The molecule has 100 valence electrons. The van der Waals surface area contributed by atoms with E-state index in [1.54, 1.807) is 10.9 Å². The molecule has 0 spiro atoms. The average Bonchev–Trinajstić information content (AvgIpc) is 3.08. The van der Waals surface area contributed by atoms with Crippen molar-refractivity contribution in [3.63, 3.8) is 0 Å². The molecule has 0 bridgehead atoms. The lowest BCUT2D eigenvalue weighted by Crippen LogP contribution is -1.93. The van der Waals surface area contributed by atoms with Gasteiger partial charge in [-0.25, -0.2) is 4.68 Å². The van der Waals surface area contributed by atoms with Crippen molar-refractivity contribution in [1.29, 1.82) is 5.26 Å². The molecule has 0 aliphatic heterocycles. The smallest absolute Gasteiger partial charge is 0.0998 e. The standard InChI is InChI=1S/C18H13N3/c19-14-17(16-5-2-1-3-6-16)13-15-7-9-18(10-8-15)21-12-4-11-20-21/h1-13H/b17-13+. The molecule has 0 N–H and O–H groups in total. The summed E-state index contributed by atoms with van der Waals surface area (Å²) >= 11 is 0. The molecular formula is C18H13N3. The highest BCUT2D eigenvalue weighted by molar-refractivity contribution is 5.89. The van der Waals surface area contributed by atoms with Crippen LogP contribution in [0.15, 0.2) is 73.1 Å². The predicted molar refractivity (Wildman–Crippen MR) is 83.5 cm³/mol. The lowest BCUT2D eigenvalue weighted by molar-refractivity contribution is 0.880. The van der Waals surface area contributed by atoms with Gasteiger partial charge in [-0.05, 0) is 35.4 Å². The van der Waals surface area contributed by atoms with Crippen molar-refractivity contribution in [3.8, 4) is 11.8 Å². The van der Waals surface area contributed by atoms with Crippen LogP contribution in [-0.2, 0) is 0 Å². The second-order valence-corrected chi connectivity index (χ2v) is 4.58. The summed E-state index contributed by atoms with van der Waals surface area (Å²) in [5, 5.41) is 13.5. The molecule has 3 heteroatoms. The monoisotopic (exact) mass is 271 g/mol. The summed E-state index contributed by atoms with van der Waals surface area (Å²) in [5.41, 5.74) is 3.57. The second-order valence-electron chi connectivity index (χ2n) is 4.58. The van der Waals surface area contributed by atoms with Gasteiger partial charge in [-0.3, -0.25) is 0 Å². The van der Waals surface area contributed by atoms with Gasteiger partial charge in [0.15, 0.2) is 0 Å². The second kappa shape index (κ2) is 5.89. The van der Waals surface area contributed by atoms with Gasteiger partial charge in [0.1, 0.15) is 0 Å². The fourth-order valence-corrected chi connectivity index (χ4v) is 2.11. The molecule has 0 aliphatic rings. The maximum Gasteiger partial charge on any atom is 0.0998 e. The Bertz CT molecular complexity index is 777. The minimum Gasteiger partial charge on any atom is -0.241 e. The van der Waals surface area contributed by atoms with Crippen LogP contribution in [0.25, 0.3) is 17.3 Å². The summed E-state index contributed by atoms with van der Waals surface area (Å²) in [6, 6.07) is 21.8. The van der Waals surface area contributed by atoms with Crippen LogP contribution in [0, 0.1) is 11.3 Å². The van der Waals surface area contributed by atoms with Crippen LogP contribution in [0.1, 0.15) is 11.1 Å². The Morgan fingerprint density at radius 3 is 2.38 bits per heavy atom. The molecule has 0 fully saturated rings. The molecule has 21 heavy (non-hydrogen) atoms. The molecule has 0 amide bonds. The van der Waals surface area contributed by atoms with Crippen LogP contribution in [0.3, 0.4) is 0 Å². The Morgan fingerprint density at radius 1 is 1.00 bits per heavy atom. The number of benzene rings is 2. The van der Waals surface area contributed by atoms with Gasteiger partial charge < -0.3 is 0 Å². The Balaban J connectivity index is 1.91. The molecule has 0 atom stereocenters. The van der Waals surface area contributed by atoms with Gasteiger partial charge >= 0.3 is 0 Å². The summed E-state index contributed by atoms with van der Waals surface area (Å²) in [6.07, 6.45) is 5.54. The van der Waals surface area contributed by atoms with Gasteiger partial charge in [0.05, 0.1) is 17.3 Å². The van der Waals surface area contributed by atoms with Gasteiger partial charge in [-0.1, -0.05) is 42.5 Å². The van der Waals surface area contributed by atoms with Crippen LogP contribution < -0.4 is 0 Å². The highest BCUT2D eigenvalue weighted by Gasteiger charge is 2.01. The molecule has 3 nitrogen and oxygen atoms in total. The van der Waals surface area contributed by atoms with E-state index in [2.05, 4.69) is 11.2 Å². The number of hydrogen-bond donors (Lipinski definition) is 0. The van der Waals surface area contributed by atoms with Crippen molar-refractivity contribution < 1.29 is 0 Å². The molecule has 3 aromatic rings. The van der Waals surface area contributed by atoms with E-state index in [9.17, 15) is 5.26 Å². The maximum atomic E-state index is 9.31. The number of allylic oxidation sites excluding steroid dienone is 1. The maximum absolute atomic E-state index is 9.31. The summed E-state index contributed by atoms with van der Waals surface area (Å²) in [4.78, 5) is 0. The molecule has 1 heterocycles. The molecule has 0 aliphatic carbocycles. The lowest BCUT2D eigenvalue weighted by atomic mass is 10.0. The number of nitrogens with zero attached hydrogens (tertiary/aromatic N) is 3. The zero-order chi connectivity index (χ0) is 14.5. The van der Waals surface area contributed by atoms with Gasteiger partial charge in [-0.15, -0.1) is 0 Å². The van der Waals surface area contributed by atoms with E-state index >= 15 is 0 Å². The van der Waals surface area contributed by atoms with E-state index in [1.807, 2.05) is 72.9 Å². The molecule has 0 saturated heterocycles. The van der Waals surface area contributed by atoms with Crippen molar-refractivity contribution in [2.45, 2.75) is 0 Å². The number of nitriles is 1. The highest BCUT2D eigenvalue weighted by atomic mass is 15.3. The quantitative estimate of drug-likeness (QED) is 0.535. The SMILES string of the molecule is N#C/C(=C\c1ccc(-n2cccn2)cc1)c1ccccc1. The molecule has 0 unspecified atom stereocenters. The molecule has 2 aromatic carbocycles. The van der Waals surface area contributed by atoms with Crippen LogP contribution in [0.5, 0.6) is 0 Å². The van der Waals surface area contributed by atoms with Crippen molar-refractivity contribution in [3.05, 3.63) is 84.2 Å². The van der Waals surface area contributed by atoms with E-state index in [0.29, 0.717) is 5.57 Å². The third-order valence-electron chi connectivity index (χ3n) is 3.18. The summed E-state index contributed by atoms with van der Waals surface area (Å²) in [7, 11) is 0. The molecular weight excluding hydrogens is 258 g/mol. The van der Waals surface area contributed by atoms with Crippen molar-refractivity contribution in [2.24, 2.45) is 0 Å². The first-order chi connectivity index (χ1) is 10.4. The third kappa shape index (κ3) is 2.90. The Labute approximate surface area is 123 Å². The first-order valence-corrected chi connectivity index (χ1v) is 6.64. The summed E-state index contributed by atoms with van der Waals surface area (Å²) in [6.45, 7) is 0. The normalized spacial score (nSPS) is 11.1. The fourth-order valence-electron chi connectivity index (χ4n) is 2.11. The first kappa shape index (κ1) is 12.9. The van der Waals surface area contributed by atoms with Gasteiger partial charge in [0.25, 0.3) is 0 Å². The fraction of sp³-hybridized carbons (Fsp3) is 0. The Morgan fingerprint density at radius 2 is 1.76 bits per heavy atom. The van der Waals surface area contributed by atoms with Gasteiger partial charge in [0, 0.05) is 12.4 Å². The van der Waals surface area contributed by atoms with Crippen LogP contribution >= 0.6 is 0 Å². The number of aromatic nitrogens is 2. The topological polar surface area (TPSA) is 41.6 Å². The molecule has 1 aromatic heterocycles. The Kier molecular flexibility index (Phi) is 3.62. The van der Waals surface area contributed by atoms with Gasteiger partial charge in [-0.2, -0.15) is 10.4 Å².